The molecule has 3 aromatic rings. The fourth-order valence-corrected chi connectivity index (χ4v) is 4.41. The molecule has 3 aromatic carbocycles. The van der Waals surface area contributed by atoms with Gasteiger partial charge in [-0.25, -0.2) is 9.59 Å². The summed E-state index contributed by atoms with van der Waals surface area (Å²) in [7, 11) is 1.25. The van der Waals surface area contributed by atoms with Gasteiger partial charge in [-0.15, -0.1) is 0 Å². The first kappa shape index (κ1) is 24.3. The van der Waals surface area contributed by atoms with Gasteiger partial charge in [0.1, 0.15) is 12.7 Å². The molecular formula is C27H28N2O6. The number of aliphatic hydroxyl groups is 2. The molecule has 0 saturated carbocycles. The van der Waals surface area contributed by atoms with E-state index in [0.717, 1.165) is 22.3 Å². The van der Waals surface area contributed by atoms with Crippen molar-refractivity contribution in [3.63, 3.8) is 0 Å². The van der Waals surface area contributed by atoms with Crippen molar-refractivity contribution in [2.75, 3.05) is 26.0 Å². The molecule has 0 aromatic heterocycles. The second kappa shape index (κ2) is 10.6. The van der Waals surface area contributed by atoms with E-state index in [1.54, 1.807) is 0 Å². The maximum absolute atomic E-state index is 12.3. The number of carbonyl (C=O) groups is 2. The molecule has 1 aliphatic carbocycles. The summed E-state index contributed by atoms with van der Waals surface area (Å²) in [5, 5.41) is 23.4. The summed E-state index contributed by atoms with van der Waals surface area (Å²) < 4.78 is 10.1. The van der Waals surface area contributed by atoms with E-state index in [2.05, 4.69) is 22.2 Å². The Labute approximate surface area is 203 Å². The van der Waals surface area contributed by atoms with Gasteiger partial charge in [-0.05, 0) is 46.4 Å². The first-order valence-corrected chi connectivity index (χ1v) is 11.3. The number of benzene rings is 3. The van der Waals surface area contributed by atoms with E-state index in [9.17, 15) is 19.8 Å². The Hall–Kier alpha value is -3.88. The molecule has 1 aliphatic rings. The van der Waals surface area contributed by atoms with Gasteiger partial charge < -0.3 is 30.7 Å². The monoisotopic (exact) mass is 476 g/mol. The van der Waals surface area contributed by atoms with Crippen LogP contribution in [0.3, 0.4) is 0 Å². The van der Waals surface area contributed by atoms with Crippen LogP contribution >= 0.6 is 0 Å². The summed E-state index contributed by atoms with van der Waals surface area (Å²) in [6.45, 7) is 0.293. The number of anilines is 1. The van der Waals surface area contributed by atoms with Crippen molar-refractivity contribution in [2.45, 2.75) is 24.5 Å². The number of nitrogens with two attached hydrogens (primary N) is 1. The van der Waals surface area contributed by atoms with Crippen LogP contribution in [0, 0.1) is 0 Å². The van der Waals surface area contributed by atoms with Crippen LogP contribution in [0.4, 0.5) is 10.5 Å². The van der Waals surface area contributed by atoms with Crippen molar-refractivity contribution in [2.24, 2.45) is 0 Å². The minimum atomic E-state index is -1.24. The van der Waals surface area contributed by atoms with E-state index >= 15 is 0 Å². The summed E-state index contributed by atoms with van der Waals surface area (Å²) >= 11 is 0. The van der Waals surface area contributed by atoms with Crippen LogP contribution in [0.15, 0.2) is 66.7 Å². The molecule has 8 heteroatoms. The van der Waals surface area contributed by atoms with Gasteiger partial charge in [0.25, 0.3) is 0 Å². The first-order valence-electron chi connectivity index (χ1n) is 11.3. The van der Waals surface area contributed by atoms with Gasteiger partial charge in [0.2, 0.25) is 0 Å². The van der Waals surface area contributed by atoms with E-state index < -0.39 is 24.3 Å². The molecular weight excluding hydrogens is 448 g/mol. The highest BCUT2D eigenvalue weighted by molar-refractivity contribution is 5.95. The number of nitrogens with one attached hydrogen (secondary N) is 1. The smallest absolute Gasteiger partial charge is 0.407 e. The Kier molecular flexibility index (Phi) is 7.33. The molecule has 0 saturated heterocycles. The molecule has 2 unspecified atom stereocenters. The third kappa shape index (κ3) is 5.13. The average Bonchev–Trinajstić information content (AvgIpc) is 3.20. The van der Waals surface area contributed by atoms with Crippen molar-refractivity contribution in [3.8, 4) is 11.1 Å². The first-order chi connectivity index (χ1) is 16.9. The Balaban J connectivity index is 1.28. The van der Waals surface area contributed by atoms with Crippen molar-refractivity contribution >= 4 is 17.7 Å². The van der Waals surface area contributed by atoms with Gasteiger partial charge in [-0.1, -0.05) is 54.6 Å². The predicted molar refractivity (Wildman–Crippen MR) is 131 cm³/mol. The van der Waals surface area contributed by atoms with Crippen molar-refractivity contribution in [1.29, 1.82) is 0 Å². The predicted octanol–water partition coefficient (Wildman–Crippen LogP) is 3.38. The lowest BCUT2D eigenvalue weighted by Crippen LogP contribution is -2.30. The molecule has 0 aliphatic heterocycles. The molecule has 8 nitrogen and oxygen atoms in total. The highest BCUT2D eigenvalue weighted by atomic mass is 16.5. The summed E-state index contributed by atoms with van der Waals surface area (Å²) in [5.41, 5.74) is 11.1. The molecule has 2 atom stereocenters. The largest absolute Gasteiger partial charge is 0.465 e. The molecule has 0 radical (unpaired) electrons. The van der Waals surface area contributed by atoms with Gasteiger partial charge in [0, 0.05) is 18.2 Å². The second-order valence-electron chi connectivity index (χ2n) is 8.39. The number of ether oxygens (including phenoxy) is 2. The molecule has 0 fully saturated rings. The zero-order valence-electron chi connectivity index (χ0n) is 19.3. The van der Waals surface area contributed by atoms with Crippen LogP contribution < -0.4 is 11.1 Å². The highest BCUT2D eigenvalue weighted by Crippen LogP contribution is 2.44. The minimum Gasteiger partial charge on any atom is -0.465 e. The lowest BCUT2D eigenvalue weighted by molar-refractivity contribution is 0.0137. The fraction of sp³-hybridized carbons (Fsp3) is 0.259. The number of aliphatic hydroxyl groups excluding tert-OH is 2. The summed E-state index contributed by atoms with van der Waals surface area (Å²) in [6.07, 6.45) is -2.91. The number of amides is 1. The van der Waals surface area contributed by atoms with E-state index in [4.69, 9.17) is 10.5 Å². The zero-order valence-corrected chi connectivity index (χ0v) is 19.3. The Morgan fingerprint density at radius 1 is 1.00 bits per heavy atom. The number of esters is 1. The molecule has 0 bridgehead atoms. The molecule has 182 valence electrons. The number of carbonyl (C=O) groups excluding carboxylic acids is 2. The van der Waals surface area contributed by atoms with Crippen LogP contribution in [0.5, 0.6) is 0 Å². The standard InChI is InChI=1S/C27H28N2O6/c1-34-26(32)21-11-10-16(14-23(21)28)25(31)24(30)12-13-29-27(33)35-15-22-19-8-4-2-6-17(19)18-7-3-5-9-20(18)22/h2-11,14,22,24-25,30-31H,12-13,15,28H2,1H3,(H,29,33). The average molecular weight is 477 g/mol. The number of fused-ring (bicyclic) bond motifs is 3. The van der Waals surface area contributed by atoms with Crippen molar-refractivity contribution < 1.29 is 29.3 Å². The van der Waals surface area contributed by atoms with Crippen LogP contribution in [0.1, 0.15) is 45.5 Å². The quantitative estimate of drug-likeness (QED) is 0.290. The number of hydrogen-bond donors (Lipinski definition) is 4. The van der Waals surface area contributed by atoms with Gasteiger partial charge >= 0.3 is 12.1 Å². The minimum absolute atomic E-state index is 0.0426. The number of rotatable bonds is 8. The van der Waals surface area contributed by atoms with Crippen LogP contribution in [0.25, 0.3) is 11.1 Å². The van der Waals surface area contributed by atoms with Gasteiger partial charge in [-0.3, -0.25) is 0 Å². The lowest BCUT2D eigenvalue weighted by Gasteiger charge is -2.19. The Morgan fingerprint density at radius 3 is 2.23 bits per heavy atom. The van der Waals surface area contributed by atoms with Crippen molar-refractivity contribution in [1.82, 2.24) is 5.32 Å². The Bertz CT molecular complexity index is 1180. The zero-order chi connectivity index (χ0) is 24.9. The fourth-order valence-electron chi connectivity index (χ4n) is 4.41. The van der Waals surface area contributed by atoms with Gasteiger partial charge in [0.05, 0.1) is 18.8 Å². The number of hydrogen-bond acceptors (Lipinski definition) is 7. The van der Waals surface area contributed by atoms with Gasteiger partial charge in [-0.2, -0.15) is 0 Å². The van der Waals surface area contributed by atoms with Crippen LogP contribution in [0.2, 0.25) is 0 Å². The Morgan fingerprint density at radius 2 is 1.63 bits per heavy atom. The van der Waals surface area contributed by atoms with E-state index in [0.29, 0.717) is 5.56 Å². The summed E-state index contributed by atoms with van der Waals surface area (Å²) in [4.78, 5) is 23.9. The molecule has 1 amide bonds. The molecule has 5 N–H and O–H groups in total. The molecule has 0 spiro atoms. The van der Waals surface area contributed by atoms with Crippen LogP contribution in [-0.2, 0) is 9.47 Å². The topological polar surface area (TPSA) is 131 Å². The van der Waals surface area contributed by atoms with E-state index in [1.165, 1.54) is 25.3 Å². The SMILES string of the molecule is COC(=O)c1ccc(C(O)C(O)CCNC(=O)OCC2c3ccccc3-c3ccccc32)cc1N. The number of methoxy groups -OCH3 is 1. The molecule has 35 heavy (non-hydrogen) atoms. The molecule has 0 heterocycles. The summed E-state index contributed by atoms with van der Waals surface area (Å²) in [5.74, 6) is -0.629. The number of nitrogen functional groups attached to an aromatic ring is 1. The maximum atomic E-state index is 12.3. The third-order valence-electron chi connectivity index (χ3n) is 6.24. The normalized spacial score (nSPS) is 13.9. The van der Waals surface area contributed by atoms with Crippen molar-refractivity contribution in [3.05, 3.63) is 89.0 Å². The second-order valence-corrected chi connectivity index (χ2v) is 8.39. The van der Waals surface area contributed by atoms with Crippen LogP contribution in [-0.4, -0.2) is 48.6 Å². The van der Waals surface area contributed by atoms with E-state index in [1.807, 2.05) is 36.4 Å². The van der Waals surface area contributed by atoms with Gasteiger partial charge in [0.15, 0.2) is 0 Å². The number of alkyl carbamates (subject to hydrolysis) is 1. The lowest BCUT2D eigenvalue weighted by atomic mass is 9.98. The third-order valence-corrected chi connectivity index (χ3v) is 6.24. The summed E-state index contributed by atoms with van der Waals surface area (Å²) in [6, 6.07) is 20.5. The van der Waals surface area contributed by atoms with E-state index in [-0.39, 0.29) is 36.7 Å². The highest BCUT2D eigenvalue weighted by Gasteiger charge is 2.29. The maximum Gasteiger partial charge on any atom is 0.407 e. The molecule has 4 rings (SSSR count).